The number of alkyl halides is 3. The van der Waals surface area contributed by atoms with Gasteiger partial charge in [0, 0.05) is 23.8 Å². The maximum Gasteiger partial charge on any atom is 0.573 e. The molecule has 3 aromatic rings. The van der Waals surface area contributed by atoms with Gasteiger partial charge in [0.1, 0.15) is 11.4 Å². The molecule has 124 valence electrons. The number of anilines is 1. The summed E-state index contributed by atoms with van der Waals surface area (Å²) in [5.41, 5.74) is 1.86. The number of pyridine rings is 1. The van der Waals surface area contributed by atoms with Crippen molar-refractivity contribution in [3.63, 3.8) is 0 Å². The molecule has 0 radical (unpaired) electrons. The first-order valence-electron chi connectivity index (χ1n) is 6.97. The van der Waals surface area contributed by atoms with E-state index in [1.807, 2.05) is 6.07 Å². The van der Waals surface area contributed by atoms with Gasteiger partial charge < -0.3 is 14.5 Å². The average molecular weight is 335 g/mol. The van der Waals surface area contributed by atoms with Gasteiger partial charge >= 0.3 is 6.36 Å². The Morgan fingerprint density at radius 1 is 1.17 bits per heavy atom. The topological polar surface area (TPSA) is 55.6 Å². The van der Waals surface area contributed by atoms with Gasteiger partial charge in [0.15, 0.2) is 0 Å². The molecule has 0 saturated carbocycles. The fourth-order valence-corrected chi connectivity index (χ4v) is 2.26. The van der Waals surface area contributed by atoms with Gasteiger partial charge in [-0.3, -0.25) is 4.79 Å². The van der Waals surface area contributed by atoms with Crippen molar-refractivity contribution in [2.45, 2.75) is 12.8 Å². The normalized spacial score (nSPS) is 11.5. The van der Waals surface area contributed by atoms with Gasteiger partial charge in [-0.1, -0.05) is 6.07 Å². The molecule has 0 aliphatic rings. The van der Waals surface area contributed by atoms with E-state index in [2.05, 4.69) is 15.0 Å². The van der Waals surface area contributed by atoms with E-state index < -0.39 is 6.36 Å². The van der Waals surface area contributed by atoms with Gasteiger partial charge in [0.25, 0.3) is 0 Å². The van der Waals surface area contributed by atoms with Crippen LogP contribution in [0.2, 0.25) is 0 Å². The third-order valence-electron chi connectivity index (χ3n) is 3.23. The van der Waals surface area contributed by atoms with Gasteiger partial charge in [-0.05, 0) is 36.4 Å². The Hall–Kier alpha value is -3.03. The van der Waals surface area contributed by atoms with Crippen LogP contribution in [0.5, 0.6) is 5.75 Å². The lowest BCUT2D eigenvalue weighted by Crippen LogP contribution is -2.17. The molecule has 2 aromatic heterocycles. The zero-order chi connectivity index (χ0) is 17.2. The Balaban J connectivity index is 1.66. The Kier molecular flexibility index (Phi) is 4.11. The van der Waals surface area contributed by atoms with Crippen molar-refractivity contribution in [1.29, 1.82) is 0 Å². The molecule has 2 heterocycles. The van der Waals surface area contributed by atoms with Crippen LogP contribution in [0.25, 0.3) is 5.65 Å². The monoisotopic (exact) mass is 335 g/mol. The number of carbonyl (C=O) groups is 1. The maximum atomic E-state index is 12.1. The van der Waals surface area contributed by atoms with Gasteiger partial charge in [-0.25, -0.2) is 4.98 Å². The number of hydrogen-bond donors (Lipinski definition) is 1. The number of aromatic nitrogens is 2. The van der Waals surface area contributed by atoms with Crippen LogP contribution in [0, 0.1) is 0 Å². The smallest absolute Gasteiger partial charge is 0.406 e. The summed E-state index contributed by atoms with van der Waals surface area (Å²) in [5.74, 6) is -0.635. The van der Waals surface area contributed by atoms with Crippen molar-refractivity contribution in [3.8, 4) is 5.75 Å². The number of hydrogen-bond acceptors (Lipinski definition) is 3. The molecule has 1 N–H and O–H groups in total. The van der Waals surface area contributed by atoms with Crippen LogP contribution < -0.4 is 10.1 Å². The van der Waals surface area contributed by atoms with Gasteiger partial charge in [0.05, 0.1) is 6.42 Å². The lowest BCUT2D eigenvalue weighted by Gasteiger charge is -2.10. The van der Waals surface area contributed by atoms with Crippen LogP contribution in [-0.4, -0.2) is 21.7 Å². The first kappa shape index (κ1) is 15.9. The summed E-state index contributed by atoms with van der Waals surface area (Å²) in [4.78, 5) is 16.2. The highest BCUT2D eigenvalue weighted by molar-refractivity contribution is 5.92. The van der Waals surface area contributed by atoms with Gasteiger partial charge in [-0.15, -0.1) is 13.2 Å². The first-order valence-corrected chi connectivity index (χ1v) is 6.97. The molecule has 5 nitrogen and oxygen atoms in total. The molecule has 0 unspecified atom stereocenters. The summed E-state index contributed by atoms with van der Waals surface area (Å²) < 4.78 is 41.9. The van der Waals surface area contributed by atoms with E-state index in [0.717, 1.165) is 23.5 Å². The summed E-state index contributed by atoms with van der Waals surface area (Å²) in [5, 5.41) is 2.63. The van der Waals surface area contributed by atoms with Crippen LogP contribution in [0.3, 0.4) is 0 Å². The second-order valence-electron chi connectivity index (χ2n) is 4.97. The van der Waals surface area contributed by atoms with Crippen molar-refractivity contribution >= 4 is 17.2 Å². The fourth-order valence-electron chi connectivity index (χ4n) is 2.26. The number of carbonyl (C=O) groups excluding carboxylic acids is 1. The highest BCUT2D eigenvalue weighted by atomic mass is 19.4. The zero-order valence-corrected chi connectivity index (χ0v) is 12.2. The molecule has 0 atom stereocenters. The molecule has 0 fully saturated rings. The molecular formula is C16H12F3N3O2. The minimum atomic E-state index is -4.74. The Morgan fingerprint density at radius 2 is 1.92 bits per heavy atom. The van der Waals surface area contributed by atoms with E-state index in [1.54, 1.807) is 28.9 Å². The standard InChI is InChI=1S/C16H12F3N3O2/c17-16(18,19)24-13-6-4-11(5-7-13)21-15(23)10-12-2-1-3-14-20-8-9-22(12)14/h1-9H,10H2,(H,21,23). The maximum absolute atomic E-state index is 12.1. The van der Waals surface area contributed by atoms with E-state index in [4.69, 9.17) is 0 Å². The second-order valence-corrected chi connectivity index (χ2v) is 4.97. The highest BCUT2D eigenvalue weighted by Crippen LogP contribution is 2.24. The van der Waals surface area contributed by atoms with Crippen molar-refractivity contribution in [3.05, 3.63) is 60.6 Å². The van der Waals surface area contributed by atoms with E-state index >= 15 is 0 Å². The molecule has 0 saturated heterocycles. The Labute approximate surface area is 134 Å². The number of benzene rings is 1. The molecule has 1 amide bonds. The molecule has 8 heteroatoms. The van der Waals surface area contributed by atoms with Crippen LogP contribution in [0.1, 0.15) is 5.69 Å². The average Bonchev–Trinajstić information content (AvgIpc) is 2.97. The number of halogens is 3. The molecule has 3 rings (SSSR count). The SMILES string of the molecule is O=C(Cc1cccc2nccn12)Nc1ccc(OC(F)(F)F)cc1. The number of rotatable bonds is 4. The minimum absolute atomic E-state index is 0.106. The first-order chi connectivity index (χ1) is 11.4. The quantitative estimate of drug-likeness (QED) is 0.795. The Bertz CT molecular complexity index is 857. The number of imidazole rings is 1. The fraction of sp³-hybridized carbons (Fsp3) is 0.125. The number of nitrogens with one attached hydrogen (secondary N) is 1. The lowest BCUT2D eigenvalue weighted by molar-refractivity contribution is -0.274. The second kappa shape index (κ2) is 6.23. The van der Waals surface area contributed by atoms with Gasteiger partial charge in [0.2, 0.25) is 5.91 Å². The molecule has 24 heavy (non-hydrogen) atoms. The van der Waals surface area contributed by atoms with Crippen molar-refractivity contribution < 1.29 is 22.7 Å². The van der Waals surface area contributed by atoms with E-state index in [0.29, 0.717) is 5.69 Å². The van der Waals surface area contributed by atoms with E-state index in [1.165, 1.54) is 12.1 Å². The highest BCUT2D eigenvalue weighted by Gasteiger charge is 2.30. The van der Waals surface area contributed by atoms with E-state index in [-0.39, 0.29) is 18.1 Å². The van der Waals surface area contributed by atoms with Crippen molar-refractivity contribution in [1.82, 2.24) is 9.38 Å². The molecule has 0 aliphatic heterocycles. The summed E-state index contributed by atoms with van der Waals surface area (Å²) in [7, 11) is 0. The Morgan fingerprint density at radius 3 is 2.62 bits per heavy atom. The van der Waals surface area contributed by atoms with Crippen LogP contribution in [0.4, 0.5) is 18.9 Å². The van der Waals surface area contributed by atoms with Crippen LogP contribution in [-0.2, 0) is 11.2 Å². The zero-order valence-electron chi connectivity index (χ0n) is 12.2. The number of amides is 1. The van der Waals surface area contributed by atoms with Crippen molar-refractivity contribution in [2.24, 2.45) is 0 Å². The molecule has 0 bridgehead atoms. The third kappa shape index (κ3) is 3.83. The third-order valence-corrected chi connectivity index (χ3v) is 3.23. The molecular weight excluding hydrogens is 323 g/mol. The molecule has 0 aliphatic carbocycles. The van der Waals surface area contributed by atoms with Crippen LogP contribution in [0.15, 0.2) is 54.9 Å². The predicted molar refractivity (Wildman–Crippen MR) is 80.7 cm³/mol. The number of ether oxygens (including phenoxy) is 1. The minimum Gasteiger partial charge on any atom is -0.406 e. The number of fused-ring (bicyclic) bond motifs is 1. The summed E-state index contributed by atoms with van der Waals surface area (Å²) >= 11 is 0. The number of nitrogens with zero attached hydrogens (tertiary/aromatic N) is 2. The largest absolute Gasteiger partial charge is 0.573 e. The molecule has 0 spiro atoms. The summed E-state index contributed by atoms with van der Waals surface area (Å²) in [6.45, 7) is 0. The lowest BCUT2D eigenvalue weighted by atomic mass is 10.2. The van der Waals surface area contributed by atoms with Gasteiger partial charge in [-0.2, -0.15) is 0 Å². The summed E-state index contributed by atoms with van der Waals surface area (Å²) in [6, 6.07) is 10.4. The van der Waals surface area contributed by atoms with Crippen LogP contribution >= 0.6 is 0 Å². The summed E-state index contributed by atoms with van der Waals surface area (Å²) in [6.07, 6.45) is -1.25. The predicted octanol–water partition coefficient (Wildman–Crippen LogP) is 3.41. The van der Waals surface area contributed by atoms with E-state index in [9.17, 15) is 18.0 Å². The molecule has 1 aromatic carbocycles. The van der Waals surface area contributed by atoms with Crippen molar-refractivity contribution in [2.75, 3.05) is 5.32 Å².